The highest BCUT2D eigenvalue weighted by atomic mass is 19.4. The van der Waals surface area contributed by atoms with Crippen LogP contribution in [0.25, 0.3) is 0 Å². The van der Waals surface area contributed by atoms with Gasteiger partial charge in [0.15, 0.2) is 0 Å². The molecule has 0 saturated carbocycles. The van der Waals surface area contributed by atoms with Crippen molar-refractivity contribution in [2.24, 2.45) is 0 Å². The highest BCUT2D eigenvalue weighted by Gasteiger charge is 2.42. The number of amides is 3. The first-order valence-corrected chi connectivity index (χ1v) is 9.94. The summed E-state index contributed by atoms with van der Waals surface area (Å²) in [5.74, 6) is -0.443. The minimum Gasteiger partial charge on any atom is -0.406 e. The molecule has 3 fully saturated rings. The standard InChI is InChI=1S/C20H24F3N3O4/c1-19(13-3-2-4-14(9-13)30-20(21,22)23)6-8-26(12-19)18(28)25-7-5-16-15(10-25)24-17(27)11-29-16/h2-4,9,15-16H,5-8,10-12H2,1H3,(H,24,27)/t15-,16+,19?/m1/s1. The number of ether oxygens (including phenoxy) is 2. The van der Waals surface area contributed by atoms with Gasteiger partial charge in [0.25, 0.3) is 0 Å². The van der Waals surface area contributed by atoms with Crippen LogP contribution in [0.4, 0.5) is 18.0 Å². The molecule has 3 saturated heterocycles. The van der Waals surface area contributed by atoms with Gasteiger partial charge in [-0.25, -0.2) is 4.79 Å². The second-order valence-electron chi connectivity index (χ2n) is 8.35. The second-order valence-corrected chi connectivity index (χ2v) is 8.35. The van der Waals surface area contributed by atoms with Crippen LogP contribution in [0.5, 0.6) is 5.75 Å². The lowest BCUT2D eigenvalue weighted by Gasteiger charge is -2.42. The lowest BCUT2D eigenvalue weighted by molar-refractivity contribution is -0.274. The number of carbonyl (C=O) groups is 2. The van der Waals surface area contributed by atoms with Gasteiger partial charge in [0.05, 0.1) is 12.1 Å². The van der Waals surface area contributed by atoms with Gasteiger partial charge >= 0.3 is 12.4 Å². The number of urea groups is 1. The molecule has 0 aliphatic carbocycles. The Kier molecular flexibility index (Phi) is 5.29. The van der Waals surface area contributed by atoms with Crippen molar-refractivity contribution in [1.29, 1.82) is 0 Å². The van der Waals surface area contributed by atoms with Crippen LogP contribution < -0.4 is 10.1 Å². The summed E-state index contributed by atoms with van der Waals surface area (Å²) in [4.78, 5) is 28.1. The molecule has 7 nitrogen and oxygen atoms in total. The van der Waals surface area contributed by atoms with E-state index in [0.717, 1.165) is 0 Å². The molecule has 1 aromatic rings. The maximum atomic E-state index is 13.1. The summed E-state index contributed by atoms with van der Waals surface area (Å²) in [5, 5.41) is 2.88. The summed E-state index contributed by atoms with van der Waals surface area (Å²) < 4.78 is 47.2. The van der Waals surface area contributed by atoms with Crippen molar-refractivity contribution in [3.05, 3.63) is 29.8 Å². The Balaban J connectivity index is 1.42. The van der Waals surface area contributed by atoms with E-state index in [9.17, 15) is 22.8 Å². The van der Waals surface area contributed by atoms with Crippen LogP contribution in [0.3, 0.4) is 0 Å². The number of hydrogen-bond acceptors (Lipinski definition) is 4. The van der Waals surface area contributed by atoms with Gasteiger partial charge < -0.3 is 24.6 Å². The van der Waals surface area contributed by atoms with Crippen LogP contribution in [0.2, 0.25) is 0 Å². The van der Waals surface area contributed by atoms with E-state index in [-0.39, 0.29) is 36.4 Å². The zero-order chi connectivity index (χ0) is 21.5. The molecule has 0 spiro atoms. The van der Waals surface area contributed by atoms with Crippen molar-refractivity contribution < 1.29 is 32.2 Å². The number of piperidine rings is 1. The van der Waals surface area contributed by atoms with Gasteiger partial charge in [-0.3, -0.25) is 4.79 Å². The highest BCUT2D eigenvalue weighted by molar-refractivity contribution is 5.79. The van der Waals surface area contributed by atoms with Gasteiger partial charge in [0.2, 0.25) is 5.91 Å². The lowest BCUT2D eigenvalue weighted by Crippen LogP contribution is -2.62. The second kappa shape index (κ2) is 7.64. The number of nitrogens with zero attached hydrogens (tertiary/aromatic N) is 2. The fraction of sp³-hybridized carbons (Fsp3) is 0.600. The van der Waals surface area contributed by atoms with Crippen LogP contribution in [0.1, 0.15) is 25.3 Å². The number of likely N-dealkylation sites (tertiary alicyclic amines) is 2. The fourth-order valence-corrected chi connectivity index (χ4v) is 4.50. The third kappa shape index (κ3) is 4.33. The van der Waals surface area contributed by atoms with E-state index in [1.165, 1.54) is 18.2 Å². The van der Waals surface area contributed by atoms with Gasteiger partial charge in [-0.05, 0) is 30.5 Å². The molecular weight excluding hydrogens is 403 g/mol. The molecule has 10 heteroatoms. The van der Waals surface area contributed by atoms with Crippen LogP contribution in [0, 0.1) is 0 Å². The van der Waals surface area contributed by atoms with E-state index in [4.69, 9.17) is 4.74 Å². The predicted octanol–water partition coefficient (Wildman–Crippen LogP) is 2.26. The molecular formula is C20H24F3N3O4. The molecule has 0 aromatic heterocycles. The van der Waals surface area contributed by atoms with E-state index < -0.39 is 11.8 Å². The molecule has 3 amide bonds. The van der Waals surface area contributed by atoms with Crippen LogP contribution in [-0.2, 0) is 14.9 Å². The number of morpholine rings is 1. The number of nitrogens with one attached hydrogen (secondary N) is 1. The maximum Gasteiger partial charge on any atom is 0.573 e. The van der Waals surface area contributed by atoms with E-state index >= 15 is 0 Å². The highest BCUT2D eigenvalue weighted by Crippen LogP contribution is 2.37. The molecule has 4 rings (SSSR count). The number of rotatable bonds is 2. The van der Waals surface area contributed by atoms with E-state index in [1.54, 1.807) is 15.9 Å². The third-order valence-electron chi connectivity index (χ3n) is 6.10. The molecule has 1 unspecified atom stereocenters. The largest absolute Gasteiger partial charge is 0.573 e. The van der Waals surface area contributed by atoms with Crippen molar-refractivity contribution in [2.45, 2.75) is 43.7 Å². The number of fused-ring (bicyclic) bond motifs is 1. The number of carbonyl (C=O) groups excluding carboxylic acids is 2. The van der Waals surface area contributed by atoms with E-state index in [0.29, 0.717) is 44.6 Å². The van der Waals surface area contributed by atoms with Crippen molar-refractivity contribution in [3.8, 4) is 5.75 Å². The summed E-state index contributed by atoms with van der Waals surface area (Å²) in [6, 6.07) is 5.61. The summed E-state index contributed by atoms with van der Waals surface area (Å²) in [6.45, 7) is 3.82. The first kappa shape index (κ1) is 20.8. The Labute approximate surface area is 172 Å². The van der Waals surface area contributed by atoms with Crippen LogP contribution >= 0.6 is 0 Å². The normalized spacial score (nSPS) is 29.4. The Hall–Kier alpha value is -2.49. The van der Waals surface area contributed by atoms with Gasteiger partial charge in [0, 0.05) is 31.6 Å². The van der Waals surface area contributed by atoms with Gasteiger partial charge in [0.1, 0.15) is 12.4 Å². The number of hydrogen-bond donors (Lipinski definition) is 1. The molecule has 0 radical (unpaired) electrons. The van der Waals surface area contributed by atoms with Crippen LogP contribution in [0.15, 0.2) is 24.3 Å². The topological polar surface area (TPSA) is 71.1 Å². The van der Waals surface area contributed by atoms with E-state index in [1.807, 2.05) is 6.92 Å². The number of alkyl halides is 3. The number of halogens is 3. The van der Waals surface area contributed by atoms with E-state index in [2.05, 4.69) is 10.1 Å². The van der Waals surface area contributed by atoms with Gasteiger partial charge in [-0.1, -0.05) is 19.1 Å². The minimum atomic E-state index is -4.75. The lowest BCUT2D eigenvalue weighted by atomic mass is 9.82. The molecule has 3 atom stereocenters. The molecule has 164 valence electrons. The summed E-state index contributed by atoms with van der Waals surface area (Å²) in [7, 11) is 0. The third-order valence-corrected chi connectivity index (χ3v) is 6.10. The Morgan fingerprint density at radius 2 is 2.10 bits per heavy atom. The summed E-state index contributed by atoms with van der Waals surface area (Å²) in [5.41, 5.74) is 0.229. The number of benzene rings is 1. The molecule has 3 aliphatic rings. The predicted molar refractivity (Wildman–Crippen MR) is 99.9 cm³/mol. The van der Waals surface area contributed by atoms with Gasteiger partial charge in [-0.2, -0.15) is 0 Å². The average Bonchev–Trinajstić information content (AvgIpc) is 3.09. The molecule has 30 heavy (non-hydrogen) atoms. The molecule has 0 bridgehead atoms. The smallest absolute Gasteiger partial charge is 0.406 e. The van der Waals surface area contributed by atoms with Crippen LogP contribution in [-0.4, -0.2) is 73.0 Å². The molecule has 3 aliphatic heterocycles. The zero-order valence-electron chi connectivity index (χ0n) is 16.6. The Bertz CT molecular complexity index is 834. The maximum absolute atomic E-state index is 13.1. The van der Waals surface area contributed by atoms with Crippen molar-refractivity contribution >= 4 is 11.9 Å². The summed E-state index contributed by atoms with van der Waals surface area (Å²) in [6.07, 6.45) is -3.54. The first-order chi connectivity index (χ1) is 14.1. The minimum absolute atomic E-state index is 0.0523. The molecule has 3 heterocycles. The first-order valence-electron chi connectivity index (χ1n) is 9.94. The SMILES string of the molecule is CC1(c2cccc(OC(F)(F)F)c2)CCN(C(=O)N2CC[C@@H]3OCC(=O)N[C@@H]3C2)C1. The quantitative estimate of drug-likeness (QED) is 0.786. The van der Waals surface area contributed by atoms with Crippen molar-refractivity contribution in [3.63, 3.8) is 0 Å². The Morgan fingerprint density at radius 3 is 2.87 bits per heavy atom. The van der Waals surface area contributed by atoms with Crippen molar-refractivity contribution in [1.82, 2.24) is 15.1 Å². The van der Waals surface area contributed by atoms with Crippen molar-refractivity contribution in [2.75, 3.05) is 32.8 Å². The van der Waals surface area contributed by atoms with Gasteiger partial charge in [-0.15, -0.1) is 13.2 Å². The zero-order valence-corrected chi connectivity index (χ0v) is 16.6. The Morgan fingerprint density at radius 1 is 1.30 bits per heavy atom. The monoisotopic (exact) mass is 427 g/mol. The fourth-order valence-electron chi connectivity index (χ4n) is 4.50. The average molecular weight is 427 g/mol. The summed E-state index contributed by atoms with van der Waals surface area (Å²) >= 11 is 0. The molecule has 1 aromatic carbocycles. The molecule has 1 N–H and O–H groups in total.